The molecule has 2 fully saturated rings. The van der Waals surface area contributed by atoms with E-state index in [0.717, 1.165) is 30.1 Å². The predicted octanol–water partition coefficient (Wildman–Crippen LogP) is 0.910. The minimum Gasteiger partial charge on any atom is -0.384 e. The van der Waals surface area contributed by atoms with E-state index < -0.39 is 5.60 Å². The maximum absolute atomic E-state index is 12.7. The monoisotopic (exact) mass is 351 g/mol. The summed E-state index contributed by atoms with van der Waals surface area (Å²) in [5.74, 6) is 0.820. The lowest BCUT2D eigenvalue weighted by atomic mass is 10.0. The summed E-state index contributed by atoms with van der Waals surface area (Å²) in [5, 5.41) is 14.9. The highest BCUT2D eigenvalue weighted by molar-refractivity contribution is 5.76. The van der Waals surface area contributed by atoms with Gasteiger partial charge in [-0.3, -0.25) is 4.79 Å². The number of aromatic nitrogens is 1. The summed E-state index contributed by atoms with van der Waals surface area (Å²) in [6.45, 7) is 7.99. The van der Waals surface area contributed by atoms with Gasteiger partial charge >= 0.3 is 0 Å². The zero-order valence-corrected chi connectivity index (χ0v) is 15.3. The second kappa shape index (κ2) is 7.85. The second-order valence-corrected chi connectivity index (χ2v) is 7.38. The number of aryl methyl sites for hydroxylation is 2. The lowest BCUT2D eigenvalue weighted by Gasteiger charge is -2.34. The predicted molar refractivity (Wildman–Crippen MR) is 92.3 cm³/mol. The highest BCUT2D eigenvalue weighted by Gasteiger charge is 2.36. The number of ether oxygens (including phenoxy) is 1. The number of β-amino-alcohol motifs (C(OH)–C–C–N with tert-alkyl or cyclic N) is 1. The molecule has 25 heavy (non-hydrogen) atoms. The Morgan fingerprint density at radius 1 is 1.28 bits per heavy atom. The van der Waals surface area contributed by atoms with Gasteiger partial charge in [-0.1, -0.05) is 5.16 Å². The molecule has 1 aromatic heterocycles. The van der Waals surface area contributed by atoms with Crippen molar-refractivity contribution in [2.75, 3.05) is 45.9 Å². The second-order valence-electron chi connectivity index (χ2n) is 7.38. The third kappa shape index (κ3) is 4.59. The van der Waals surface area contributed by atoms with Crippen LogP contribution in [-0.2, 0) is 16.0 Å². The smallest absolute Gasteiger partial charge is 0.223 e. The van der Waals surface area contributed by atoms with E-state index in [1.807, 2.05) is 13.8 Å². The fraction of sp³-hybridized carbons (Fsp3) is 0.778. The zero-order valence-electron chi connectivity index (χ0n) is 15.3. The van der Waals surface area contributed by atoms with Gasteiger partial charge in [-0.2, -0.15) is 0 Å². The molecule has 1 N–H and O–H groups in total. The number of amides is 1. The minimum absolute atomic E-state index is 0.0466. The van der Waals surface area contributed by atoms with Gasteiger partial charge in [-0.25, -0.2) is 0 Å². The van der Waals surface area contributed by atoms with Crippen molar-refractivity contribution < 1.29 is 19.2 Å². The molecule has 0 aliphatic carbocycles. The summed E-state index contributed by atoms with van der Waals surface area (Å²) in [4.78, 5) is 16.7. The first kappa shape index (κ1) is 18.4. The number of hydrogen-bond donors (Lipinski definition) is 1. The van der Waals surface area contributed by atoms with Crippen molar-refractivity contribution in [1.29, 1.82) is 0 Å². The van der Waals surface area contributed by atoms with Crippen LogP contribution in [-0.4, -0.2) is 77.5 Å². The maximum atomic E-state index is 12.7. The van der Waals surface area contributed by atoms with Gasteiger partial charge in [0.1, 0.15) is 11.4 Å². The van der Waals surface area contributed by atoms with Gasteiger partial charge < -0.3 is 24.2 Å². The van der Waals surface area contributed by atoms with Gasteiger partial charge in [0, 0.05) is 25.1 Å². The highest BCUT2D eigenvalue weighted by Crippen LogP contribution is 2.20. The molecule has 0 radical (unpaired) electrons. The number of rotatable bonds is 5. The Hall–Kier alpha value is -1.44. The molecule has 1 atom stereocenters. The molecule has 0 bridgehead atoms. The first-order valence-electron chi connectivity index (χ1n) is 9.19. The van der Waals surface area contributed by atoms with Crippen LogP contribution in [0.2, 0.25) is 0 Å². The summed E-state index contributed by atoms with van der Waals surface area (Å²) >= 11 is 0. The van der Waals surface area contributed by atoms with E-state index in [9.17, 15) is 9.90 Å². The summed E-state index contributed by atoms with van der Waals surface area (Å²) in [7, 11) is 0. The first-order valence-corrected chi connectivity index (χ1v) is 9.19. The number of hydrogen-bond acceptors (Lipinski definition) is 6. The summed E-state index contributed by atoms with van der Waals surface area (Å²) in [6.07, 6.45) is 3.36. The van der Waals surface area contributed by atoms with Gasteiger partial charge in [0.15, 0.2) is 0 Å². The van der Waals surface area contributed by atoms with Crippen molar-refractivity contribution in [3.05, 3.63) is 17.0 Å². The lowest BCUT2D eigenvalue weighted by Crippen LogP contribution is -2.53. The molecule has 0 saturated carbocycles. The Morgan fingerprint density at radius 2 is 2.04 bits per heavy atom. The van der Waals surface area contributed by atoms with E-state index in [2.05, 4.69) is 10.1 Å². The van der Waals surface area contributed by atoms with E-state index in [0.29, 0.717) is 39.1 Å². The Morgan fingerprint density at radius 3 is 2.72 bits per heavy atom. The molecule has 140 valence electrons. The molecule has 0 spiro atoms. The molecule has 1 amide bonds. The largest absolute Gasteiger partial charge is 0.384 e. The van der Waals surface area contributed by atoms with Gasteiger partial charge in [0.05, 0.1) is 25.5 Å². The fourth-order valence-electron chi connectivity index (χ4n) is 3.83. The van der Waals surface area contributed by atoms with Crippen molar-refractivity contribution in [1.82, 2.24) is 15.0 Å². The normalized spacial score (nSPS) is 25.3. The van der Waals surface area contributed by atoms with Crippen molar-refractivity contribution in [2.24, 2.45) is 0 Å². The number of carbonyl (C=O) groups is 1. The van der Waals surface area contributed by atoms with E-state index in [1.165, 1.54) is 12.8 Å². The molecular formula is C18H29N3O4. The van der Waals surface area contributed by atoms with Crippen LogP contribution in [0.5, 0.6) is 0 Å². The van der Waals surface area contributed by atoms with E-state index in [-0.39, 0.29) is 12.5 Å². The molecule has 3 heterocycles. The molecule has 2 aliphatic rings. The summed E-state index contributed by atoms with van der Waals surface area (Å²) < 4.78 is 10.8. The number of carbonyl (C=O) groups excluding carboxylic acids is 1. The quantitative estimate of drug-likeness (QED) is 0.849. The molecule has 7 nitrogen and oxygen atoms in total. The topological polar surface area (TPSA) is 79.0 Å². The Labute approximate surface area is 148 Å². The SMILES string of the molecule is Cc1noc(C)c1CCC(=O)N1CCOC[C@](O)(CN2CCCC2)C1. The van der Waals surface area contributed by atoms with E-state index in [1.54, 1.807) is 4.90 Å². The zero-order chi connectivity index (χ0) is 17.9. The van der Waals surface area contributed by atoms with Crippen LogP contribution in [0, 0.1) is 13.8 Å². The van der Waals surface area contributed by atoms with Crippen LogP contribution in [0.3, 0.4) is 0 Å². The highest BCUT2D eigenvalue weighted by atomic mass is 16.5. The third-order valence-corrected chi connectivity index (χ3v) is 5.20. The van der Waals surface area contributed by atoms with Crippen LogP contribution in [0.1, 0.15) is 36.3 Å². The Kier molecular flexibility index (Phi) is 5.76. The molecule has 3 rings (SSSR count). The van der Waals surface area contributed by atoms with E-state index >= 15 is 0 Å². The van der Waals surface area contributed by atoms with Gasteiger partial charge in [0.25, 0.3) is 0 Å². The van der Waals surface area contributed by atoms with Crippen molar-refractivity contribution in [2.45, 2.75) is 45.1 Å². The molecule has 0 unspecified atom stereocenters. The van der Waals surface area contributed by atoms with Crippen LogP contribution >= 0.6 is 0 Å². The average molecular weight is 351 g/mol. The first-order chi connectivity index (χ1) is 12.0. The number of aliphatic hydroxyl groups is 1. The summed E-state index contributed by atoms with van der Waals surface area (Å²) in [6, 6.07) is 0. The van der Waals surface area contributed by atoms with E-state index in [4.69, 9.17) is 9.26 Å². The minimum atomic E-state index is -0.987. The Bertz CT molecular complexity index is 578. The Balaban J connectivity index is 1.58. The molecule has 2 saturated heterocycles. The van der Waals surface area contributed by atoms with Crippen LogP contribution in [0.25, 0.3) is 0 Å². The lowest BCUT2D eigenvalue weighted by molar-refractivity contribution is -0.134. The number of likely N-dealkylation sites (tertiary alicyclic amines) is 1. The van der Waals surface area contributed by atoms with Crippen molar-refractivity contribution in [3.8, 4) is 0 Å². The van der Waals surface area contributed by atoms with Crippen LogP contribution in [0.4, 0.5) is 0 Å². The maximum Gasteiger partial charge on any atom is 0.223 e. The summed E-state index contributed by atoms with van der Waals surface area (Å²) in [5.41, 5.74) is 0.862. The molecule has 2 aliphatic heterocycles. The standard InChI is InChI=1S/C18H29N3O4/c1-14-16(15(2)25-19-14)5-6-17(22)21-9-10-24-13-18(23,12-21)11-20-7-3-4-8-20/h23H,3-13H2,1-2H3/t18-/m0/s1. The van der Waals surface area contributed by atoms with Crippen LogP contribution in [0.15, 0.2) is 4.52 Å². The van der Waals surface area contributed by atoms with Crippen molar-refractivity contribution >= 4 is 5.91 Å². The van der Waals surface area contributed by atoms with Crippen LogP contribution < -0.4 is 0 Å². The molecule has 7 heteroatoms. The van der Waals surface area contributed by atoms with Gasteiger partial charge in [-0.05, 0) is 46.2 Å². The van der Waals surface area contributed by atoms with Gasteiger partial charge in [0.2, 0.25) is 5.91 Å². The molecule has 1 aromatic rings. The molecular weight excluding hydrogens is 322 g/mol. The molecule has 0 aromatic carbocycles. The average Bonchev–Trinajstić information content (AvgIpc) is 3.13. The number of nitrogens with zero attached hydrogens (tertiary/aromatic N) is 3. The van der Waals surface area contributed by atoms with Gasteiger partial charge in [-0.15, -0.1) is 0 Å². The fourth-order valence-corrected chi connectivity index (χ4v) is 3.83. The third-order valence-electron chi connectivity index (χ3n) is 5.20. The van der Waals surface area contributed by atoms with Crippen molar-refractivity contribution in [3.63, 3.8) is 0 Å².